The second-order valence-electron chi connectivity index (χ2n) is 11.8. The fourth-order valence-corrected chi connectivity index (χ4v) is 5.46. The zero-order valence-electron chi connectivity index (χ0n) is 29.2. The van der Waals surface area contributed by atoms with Crippen molar-refractivity contribution in [1.29, 1.82) is 0 Å². The minimum atomic E-state index is -0.537. The number of nitrogens with zero attached hydrogens (tertiary/aromatic N) is 1. The molecule has 0 unspecified atom stereocenters. The van der Waals surface area contributed by atoms with Crippen LogP contribution in [-0.2, 0) is 22.5 Å². The Labute approximate surface area is 293 Å². The molecule has 0 spiro atoms. The number of carbonyl (C=O) groups is 2. The summed E-state index contributed by atoms with van der Waals surface area (Å²) in [4.78, 5) is 28.4. The number of nitrogens with one attached hydrogen (secondary N) is 1. The summed E-state index contributed by atoms with van der Waals surface area (Å²) in [6, 6.07) is 27.9. The summed E-state index contributed by atoms with van der Waals surface area (Å²) in [5.41, 5.74) is 4.47. The Bertz CT molecular complexity index is 1940. The summed E-state index contributed by atoms with van der Waals surface area (Å²) in [7, 11) is 6.27. The van der Waals surface area contributed by atoms with Crippen molar-refractivity contribution in [3.05, 3.63) is 131 Å². The molecule has 9 heteroatoms. The molecule has 0 bridgehead atoms. The van der Waals surface area contributed by atoms with Gasteiger partial charge in [0, 0.05) is 30.1 Å². The minimum absolute atomic E-state index is 0.0523. The third kappa shape index (κ3) is 8.54. The molecule has 5 rings (SSSR count). The van der Waals surface area contributed by atoms with Gasteiger partial charge in [0.1, 0.15) is 23.0 Å². The first-order valence-corrected chi connectivity index (χ1v) is 16.3. The molecular formula is C41H42N2O7. The van der Waals surface area contributed by atoms with E-state index in [1.807, 2.05) is 91.5 Å². The number of ether oxygens (including phenoxy) is 5. The summed E-state index contributed by atoms with van der Waals surface area (Å²) in [5.74, 6) is 1.80. The molecule has 1 aromatic heterocycles. The van der Waals surface area contributed by atoms with Gasteiger partial charge < -0.3 is 33.6 Å². The monoisotopic (exact) mass is 674 g/mol. The molecule has 0 fully saturated rings. The van der Waals surface area contributed by atoms with E-state index in [2.05, 4.69) is 5.32 Å². The van der Waals surface area contributed by atoms with E-state index in [-0.39, 0.29) is 28.9 Å². The van der Waals surface area contributed by atoms with Crippen LogP contribution in [0, 0.1) is 0 Å². The standard InChI is InChI=1S/C41H42N2O7/c1-27(2)50-37-9-7-8-34(39(37)42-41(45)38(49-6)24-29-12-18-32(47-4)19-13-29)40(44)36-26-43(23-22-28-10-16-31(46-3)17-11-28)25-35(36)30-14-20-33(48-5)21-15-30/h7-21,24-27H,22-23H2,1-6H3,(H,42,45)/b38-24-. The molecule has 0 radical (unpaired) electrons. The number of ketones is 1. The van der Waals surface area contributed by atoms with Crippen molar-refractivity contribution in [3.63, 3.8) is 0 Å². The number of hydrogen-bond acceptors (Lipinski definition) is 7. The SMILES string of the molecule is CO/C(=C\c1ccc(OC)cc1)C(=O)Nc1c(OC(C)C)cccc1C(=O)c1cn(CCc2ccc(OC)cc2)cc1-c1ccc(OC)cc1. The topological polar surface area (TPSA) is 97.3 Å². The Morgan fingerprint density at radius 3 is 1.92 bits per heavy atom. The van der Waals surface area contributed by atoms with Gasteiger partial charge in [0.15, 0.2) is 11.5 Å². The Kier molecular flexibility index (Phi) is 11.6. The van der Waals surface area contributed by atoms with Gasteiger partial charge in [-0.25, -0.2) is 0 Å². The average molecular weight is 675 g/mol. The van der Waals surface area contributed by atoms with Gasteiger partial charge in [-0.2, -0.15) is 0 Å². The van der Waals surface area contributed by atoms with Crippen LogP contribution in [0.4, 0.5) is 5.69 Å². The van der Waals surface area contributed by atoms with E-state index in [1.54, 1.807) is 57.7 Å². The van der Waals surface area contributed by atoms with Crippen LogP contribution in [0.5, 0.6) is 23.0 Å². The van der Waals surface area contributed by atoms with Gasteiger partial charge >= 0.3 is 0 Å². The zero-order valence-corrected chi connectivity index (χ0v) is 29.2. The number of aromatic nitrogens is 1. The Morgan fingerprint density at radius 1 is 0.740 bits per heavy atom. The van der Waals surface area contributed by atoms with Gasteiger partial charge in [-0.1, -0.05) is 42.5 Å². The van der Waals surface area contributed by atoms with Gasteiger partial charge in [0.05, 0.1) is 45.8 Å². The molecule has 1 heterocycles. The van der Waals surface area contributed by atoms with Gasteiger partial charge in [-0.3, -0.25) is 9.59 Å². The van der Waals surface area contributed by atoms with Gasteiger partial charge in [0.2, 0.25) is 0 Å². The van der Waals surface area contributed by atoms with Crippen molar-refractivity contribution >= 4 is 23.5 Å². The van der Waals surface area contributed by atoms with E-state index in [4.69, 9.17) is 23.7 Å². The summed E-state index contributed by atoms with van der Waals surface area (Å²) < 4.78 is 29.6. The smallest absolute Gasteiger partial charge is 0.290 e. The molecule has 1 amide bonds. The van der Waals surface area contributed by atoms with Crippen LogP contribution in [-0.4, -0.2) is 50.8 Å². The number of aryl methyl sites for hydroxylation is 2. The van der Waals surface area contributed by atoms with Crippen LogP contribution < -0.4 is 24.3 Å². The molecule has 9 nitrogen and oxygen atoms in total. The Morgan fingerprint density at radius 2 is 1.34 bits per heavy atom. The van der Waals surface area contributed by atoms with Crippen molar-refractivity contribution in [2.24, 2.45) is 0 Å². The summed E-state index contributed by atoms with van der Waals surface area (Å²) in [5, 5.41) is 2.93. The number of carbonyl (C=O) groups excluding carboxylic acids is 2. The summed E-state index contributed by atoms with van der Waals surface area (Å²) >= 11 is 0. The number of amides is 1. The maximum Gasteiger partial charge on any atom is 0.290 e. The van der Waals surface area contributed by atoms with E-state index >= 15 is 0 Å². The van der Waals surface area contributed by atoms with Crippen LogP contribution in [0.3, 0.4) is 0 Å². The normalized spacial score (nSPS) is 11.2. The number of rotatable bonds is 15. The number of anilines is 1. The van der Waals surface area contributed by atoms with E-state index in [0.717, 1.165) is 34.4 Å². The highest BCUT2D eigenvalue weighted by Crippen LogP contribution is 2.35. The first-order valence-electron chi connectivity index (χ1n) is 16.3. The van der Waals surface area contributed by atoms with Crippen molar-refractivity contribution in [3.8, 4) is 34.1 Å². The fourth-order valence-electron chi connectivity index (χ4n) is 5.46. The highest BCUT2D eigenvalue weighted by Gasteiger charge is 2.25. The first kappa shape index (κ1) is 35.3. The van der Waals surface area contributed by atoms with Crippen molar-refractivity contribution < 1.29 is 33.3 Å². The van der Waals surface area contributed by atoms with Crippen LogP contribution in [0.1, 0.15) is 40.9 Å². The van der Waals surface area contributed by atoms with E-state index < -0.39 is 5.91 Å². The average Bonchev–Trinajstić information content (AvgIpc) is 3.58. The van der Waals surface area contributed by atoms with Crippen molar-refractivity contribution in [2.45, 2.75) is 32.9 Å². The molecule has 50 heavy (non-hydrogen) atoms. The predicted molar refractivity (Wildman–Crippen MR) is 195 cm³/mol. The summed E-state index contributed by atoms with van der Waals surface area (Å²) in [6.07, 6.45) is 5.98. The third-order valence-corrected chi connectivity index (χ3v) is 8.07. The molecule has 0 saturated carbocycles. The zero-order chi connectivity index (χ0) is 35.6. The lowest BCUT2D eigenvalue weighted by molar-refractivity contribution is -0.115. The Hall–Kier alpha value is -5.96. The maximum absolute atomic E-state index is 14.6. The lowest BCUT2D eigenvalue weighted by Crippen LogP contribution is -2.20. The largest absolute Gasteiger partial charge is 0.497 e. The molecule has 0 aliphatic heterocycles. The molecule has 1 N–H and O–H groups in total. The highest BCUT2D eigenvalue weighted by atomic mass is 16.5. The van der Waals surface area contributed by atoms with Crippen molar-refractivity contribution in [1.82, 2.24) is 4.57 Å². The minimum Gasteiger partial charge on any atom is -0.497 e. The number of para-hydroxylation sites is 1. The molecule has 5 aromatic rings. The molecule has 0 aliphatic carbocycles. The second kappa shape index (κ2) is 16.4. The number of methoxy groups -OCH3 is 4. The molecule has 4 aromatic carbocycles. The number of hydrogen-bond donors (Lipinski definition) is 1. The fraction of sp³-hybridized carbons (Fsp3) is 0.220. The van der Waals surface area contributed by atoms with Crippen LogP contribution >= 0.6 is 0 Å². The van der Waals surface area contributed by atoms with Crippen LogP contribution in [0.2, 0.25) is 0 Å². The lowest BCUT2D eigenvalue weighted by atomic mass is 9.96. The second-order valence-corrected chi connectivity index (χ2v) is 11.8. The Balaban J connectivity index is 1.53. The van der Waals surface area contributed by atoms with E-state index in [9.17, 15) is 9.59 Å². The van der Waals surface area contributed by atoms with Gasteiger partial charge in [-0.05, 0) is 91.6 Å². The predicted octanol–water partition coefficient (Wildman–Crippen LogP) is 8.07. The highest BCUT2D eigenvalue weighted by molar-refractivity contribution is 6.18. The van der Waals surface area contributed by atoms with E-state index in [0.29, 0.717) is 29.4 Å². The first-order chi connectivity index (χ1) is 24.2. The van der Waals surface area contributed by atoms with Gasteiger partial charge in [0.25, 0.3) is 5.91 Å². The molecule has 0 saturated heterocycles. The molecule has 0 aliphatic rings. The van der Waals surface area contributed by atoms with E-state index in [1.165, 1.54) is 7.11 Å². The molecule has 0 atom stereocenters. The van der Waals surface area contributed by atoms with Crippen LogP contribution in [0.15, 0.2) is 109 Å². The molecule has 258 valence electrons. The lowest BCUT2D eigenvalue weighted by Gasteiger charge is -2.18. The maximum atomic E-state index is 14.6. The van der Waals surface area contributed by atoms with Crippen molar-refractivity contribution in [2.75, 3.05) is 33.8 Å². The quantitative estimate of drug-likeness (QED) is 0.0682. The molecular weight excluding hydrogens is 632 g/mol. The van der Waals surface area contributed by atoms with Crippen LogP contribution in [0.25, 0.3) is 17.2 Å². The number of benzene rings is 4. The third-order valence-electron chi connectivity index (χ3n) is 8.07. The summed E-state index contributed by atoms with van der Waals surface area (Å²) in [6.45, 7) is 4.40. The van der Waals surface area contributed by atoms with Gasteiger partial charge in [-0.15, -0.1) is 0 Å².